The summed E-state index contributed by atoms with van der Waals surface area (Å²) in [6, 6.07) is 0. The molecule has 0 aliphatic rings. The van der Waals surface area contributed by atoms with Crippen LogP contribution in [0.3, 0.4) is 0 Å². The van der Waals surface area contributed by atoms with E-state index >= 15 is 0 Å². The van der Waals surface area contributed by atoms with Gasteiger partial charge in [0, 0.05) is 0 Å². The first-order chi connectivity index (χ1) is 5.20. The highest BCUT2D eigenvalue weighted by molar-refractivity contribution is 7.73. The third-order valence-electron chi connectivity index (χ3n) is 0. The lowest BCUT2D eigenvalue weighted by Crippen LogP contribution is -1.75. The Morgan fingerprint density at radius 2 is 0.692 bits per heavy atom. The molecule has 13 heavy (non-hydrogen) atoms. The maximum Gasteiger partial charge on any atom is 0.0814 e. The zero-order valence-corrected chi connectivity index (χ0v) is 8.17. The molecule has 0 fully saturated rings. The second-order valence-electron chi connectivity index (χ2n) is 0.651. The molecule has 10 nitrogen and oxygen atoms in total. The zero-order chi connectivity index (χ0) is 10.7. The summed E-state index contributed by atoms with van der Waals surface area (Å²) in [6.45, 7) is 0. The fourth-order valence-electron chi connectivity index (χ4n) is 0. The van der Waals surface area contributed by atoms with Gasteiger partial charge in [0.1, 0.15) is 0 Å². The zero-order valence-electron chi connectivity index (χ0n) is 5.72. The van der Waals surface area contributed by atoms with Crippen LogP contribution in [0.15, 0.2) is 0 Å². The second kappa shape index (κ2) is 18.1. The largest absolute Gasteiger partial charge is 0.750 e. The Morgan fingerprint density at radius 3 is 0.692 bits per heavy atom. The highest BCUT2D eigenvalue weighted by Crippen LogP contribution is 1.44. The van der Waals surface area contributed by atoms with Gasteiger partial charge in [-0.05, 0) is 0 Å². The molecule has 0 heterocycles. The third kappa shape index (κ3) is 43600. The van der Waals surface area contributed by atoms with Crippen LogP contribution in [-0.4, -0.2) is 39.9 Å². The van der Waals surface area contributed by atoms with Gasteiger partial charge in [0.25, 0.3) is 0 Å². The SMILES string of the molecule is N.O=S([O-])O.O=S([O-])O.O=S([O-])O. The third-order valence-corrected chi connectivity index (χ3v) is 0. The van der Waals surface area contributed by atoms with Crippen molar-refractivity contribution >= 4 is 34.1 Å². The summed E-state index contributed by atoms with van der Waals surface area (Å²) in [5.74, 6) is 0. The standard InChI is InChI=1S/H3N.3H2O3S/c;3*1-4(2)3/h1H3;3*(H2,1,2,3)/p-3. The minimum absolute atomic E-state index is 0. The van der Waals surface area contributed by atoms with Crippen molar-refractivity contribution < 1.29 is 39.9 Å². The predicted octanol–water partition coefficient (Wildman–Crippen LogP) is -1.82. The van der Waals surface area contributed by atoms with E-state index in [1.54, 1.807) is 0 Å². The first-order valence-electron chi connectivity index (χ1n) is 1.55. The van der Waals surface area contributed by atoms with E-state index in [1.807, 2.05) is 0 Å². The molecule has 0 aliphatic carbocycles. The Labute approximate surface area is 80.7 Å². The topological polar surface area (TPSA) is 216 Å². The van der Waals surface area contributed by atoms with Gasteiger partial charge in [0.05, 0.1) is 34.1 Å². The Hall–Kier alpha value is 0.170. The lowest BCUT2D eigenvalue weighted by atomic mass is 14.0. The highest BCUT2D eigenvalue weighted by atomic mass is 32.2. The average Bonchev–Trinajstić information content (AvgIpc) is 1.54. The van der Waals surface area contributed by atoms with Crippen molar-refractivity contribution in [1.82, 2.24) is 6.15 Å². The Kier molecular flexibility index (Phi) is 32.2. The molecule has 0 spiro atoms. The van der Waals surface area contributed by atoms with Crippen molar-refractivity contribution in [1.29, 1.82) is 0 Å². The van der Waals surface area contributed by atoms with Crippen LogP contribution in [0.5, 0.6) is 0 Å². The van der Waals surface area contributed by atoms with E-state index in [1.165, 1.54) is 0 Å². The molecule has 0 rings (SSSR count). The molecule has 0 aromatic heterocycles. The Balaban J connectivity index is -0.0000000450. The van der Waals surface area contributed by atoms with E-state index in [2.05, 4.69) is 0 Å². The van der Waals surface area contributed by atoms with Crippen molar-refractivity contribution in [2.75, 3.05) is 0 Å². The number of rotatable bonds is 0. The second-order valence-corrected chi connectivity index (χ2v) is 1.95. The molecule has 0 aliphatic heterocycles. The van der Waals surface area contributed by atoms with Crippen LogP contribution in [0.4, 0.5) is 0 Å². The molecule has 0 saturated heterocycles. The lowest BCUT2D eigenvalue weighted by Gasteiger charge is -1.83. The van der Waals surface area contributed by atoms with Crippen molar-refractivity contribution in [3.63, 3.8) is 0 Å². The van der Waals surface area contributed by atoms with Gasteiger partial charge in [-0.1, -0.05) is 0 Å². The molecular weight excluding hydrogens is 254 g/mol. The highest BCUT2D eigenvalue weighted by Gasteiger charge is 1.43. The van der Waals surface area contributed by atoms with Crippen LogP contribution in [0.25, 0.3) is 0 Å². The quantitative estimate of drug-likeness (QED) is 0.357. The summed E-state index contributed by atoms with van der Waals surface area (Å²) in [4.78, 5) is 0. The first-order valence-corrected chi connectivity index (χ1v) is 4.64. The Bertz CT molecular complexity index is 112. The van der Waals surface area contributed by atoms with Crippen LogP contribution in [0, 0.1) is 0 Å². The van der Waals surface area contributed by atoms with Gasteiger partial charge in [-0.3, -0.25) is 0 Å². The molecule has 0 aromatic rings. The fourth-order valence-corrected chi connectivity index (χ4v) is 0. The summed E-state index contributed by atoms with van der Waals surface area (Å²) in [6.07, 6.45) is 0. The van der Waals surface area contributed by atoms with Crippen LogP contribution < -0.4 is 6.15 Å². The molecular formula is H6NO9S3-3. The molecule has 3 unspecified atom stereocenters. The first kappa shape index (κ1) is 23.2. The number of hydrogen-bond acceptors (Lipinski definition) is 7. The van der Waals surface area contributed by atoms with E-state index in [4.69, 9.17) is 39.9 Å². The summed E-state index contributed by atoms with van der Waals surface area (Å²) >= 11 is -8.58. The van der Waals surface area contributed by atoms with Gasteiger partial charge >= 0.3 is 0 Å². The van der Waals surface area contributed by atoms with Gasteiger partial charge in [0.15, 0.2) is 0 Å². The van der Waals surface area contributed by atoms with Gasteiger partial charge in [-0.2, -0.15) is 0 Å². The van der Waals surface area contributed by atoms with E-state index in [-0.39, 0.29) is 6.15 Å². The van der Waals surface area contributed by atoms with Crippen molar-refractivity contribution in [2.45, 2.75) is 0 Å². The minimum atomic E-state index is -2.86. The molecule has 6 N–H and O–H groups in total. The number of hydrogen-bond donors (Lipinski definition) is 4. The van der Waals surface area contributed by atoms with E-state index in [0.29, 0.717) is 0 Å². The summed E-state index contributed by atoms with van der Waals surface area (Å²) in [5, 5.41) is 0. The average molecular weight is 260 g/mol. The summed E-state index contributed by atoms with van der Waals surface area (Å²) < 4.78 is 72.2. The van der Waals surface area contributed by atoms with Crippen molar-refractivity contribution in [3.8, 4) is 0 Å². The summed E-state index contributed by atoms with van der Waals surface area (Å²) in [7, 11) is 0. The van der Waals surface area contributed by atoms with Crippen molar-refractivity contribution in [2.24, 2.45) is 0 Å². The minimum Gasteiger partial charge on any atom is -0.750 e. The molecule has 86 valence electrons. The fraction of sp³-hybridized carbons (Fsp3) is 0. The Morgan fingerprint density at radius 1 is 0.692 bits per heavy atom. The van der Waals surface area contributed by atoms with E-state index < -0.39 is 34.1 Å². The molecule has 0 amide bonds. The van der Waals surface area contributed by atoms with Crippen LogP contribution in [0.1, 0.15) is 0 Å². The normalized spacial score (nSPS) is 14.3. The van der Waals surface area contributed by atoms with Gasteiger partial charge in [-0.25, -0.2) is 12.6 Å². The van der Waals surface area contributed by atoms with Crippen LogP contribution >= 0.6 is 0 Å². The molecule has 0 radical (unpaired) electrons. The summed E-state index contributed by atoms with van der Waals surface area (Å²) in [5.41, 5.74) is 0. The molecule has 0 bridgehead atoms. The van der Waals surface area contributed by atoms with Crippen LogP contribution in [0.2, 0.25) is 0 Å². The maximum absolute atomic E-state index is 8.56. The molecule has 3 atom stereocenters. The van der Waals surface area contributed by atoms with E-state index in [9.17, 15) is 0 Å². The lowest BCUT2D eigenvalue weighted by molar-refractivity contribution is 0.434. The predicted molar refractivity (Wildman–Crippen MR) is 39.7 cm³/mol. The van der Waals surface area contributed by atoms with Gasteiger partial charge < -0.3 is 33.5 Å². The van der Waals surface area contributed by atoms with Gasteiger partial charge in [-0.15, -0.1) is 0 Å². The van der Waals surface area contributed by atoms with E-state index in [0.717, 1.165) is 0 Å². The van der Waals surface area contributed by atoms with Crippen molar-refractivity contribution in [3.05, 3.63) is 0 Å². The molecule has 13 heteroatoms. The smallest absolute Gasteiger partial charge is 0.0814 e. The molecule has 0 saturated carbocycles. The maximum atomic E-state index is 8.56. The molecule has 0 aromatic carbocycles. The monoisotopic (exact) mass is 260 g/mol. The van der Waals surface area contributed by atoms with Gasteiger partial charge in [0.2, 0.25) is 0 Å². The van der Waals surface area contributed by atoms with Crippen LogP contribution in [-0.2, 0) is 34.1 Å².